The summed E-state index contributed by atoms with van der Waals surface area (Å²) >= 11 is 8.22. The highest BCUT2D eigenvalue weighted by Gasteiger charge is 2.16. The van der Waals surface area contributed by atoms with Gasteiger partial charge in [0.05, 0.1) is 19.9 Å². The molecule has 100 valence electrons. The Morgan fingerprint density at radius 1 is 1.32 bits per heavy atom. The molecule has 19 heavy (non-hydrogen) atoms. The van der Waals surface area contributed by atoms with Crippen LogP contribution in [0.2, 0.25) is 0 Å². The van der Waals surface area contributed by atoms with Crippen LogP contribution in [0.4, 0.5) is 0 Å². The molecule has 0 fully saturated rings. The van der Waals surface area contributed by atoms with Crippen LogP contribution in [0, 0.1) is 0 Å². The van der Waals surface area contributed by atoms with Gasteiger partial charge < -0.3 is 4.74 Å². The van der Waals surface area contributed by atoms with Crippen LogP contribution in [0.25, 0.3) is 0 Å². The molecule has 2 aromatic heterocycles. The van der Waals surface area contributed by atoms with E-state index in [2.05, 4.69) is 36.8 Å². The van der Waals surface area contributed by atoms with Crippen molar-refractivity contribution in [3.63, 3.8) is 0 Å². The SMILES string of the molecule is CC(C)Oc1cncc(C(=O)c2cc(Br)sc2Br)c1. The average molecular weight is 405 g/mol. The van der Waals surface area contributed by atoms with Gasteiger partial charge in [0, 0.05) is 17.3 Å². The number of nitrogens with zero attached hydrogens (tertiary/aromatic N) is 1. The second-order valence-electron chi connectivity index (χ2n) is 4.14. The molecule has 0 saturated carbocycles. The zero-order chi connectivity index (χ0) is 14.0. The summed E-state index contributed by atoms with van der Waals surface area (Å²) in [7, 11) is 0. The number of carbonyl (C=O) groups is 1. The normalized spacial score (nSPS) is 10.8. The molecule has 0 aliphatic heterocycles. The third-order valence-electron chi connectivity index (χ3n) is 2.25. The molecule has 0 saturated heterocycles. The van der Waals surface area contributed by atoms with E-state index in [0.29, 0.717) is 16.9 Å². The second kappa shape index (κ2) is 6.15. The van der Waals surface area contributed by atoms with E-state index in [1.165, 1.54) is 11.3 Å². The number of hydrogen-bond acceptors (Lipinski definition) is 4. The first kappa shape index (κ1) is 14.7. The van der Waals surface area contributed by atoms with E-state index in [0.717, 1.165) is 7.57 Å². The average Bonchev–Trinajstić information content (AvgIpc) is 2.67. The largest absolute Gasteiger partial charge is 0.489 e. The van der Waals surface area contributed by atoms with Crippen LogP contribution in [0.15, 0.2) is 32.1 Å². The Kier molecular flexibility index (Phi) is 4.76. The summed E-state index contributed by atoms with van der Waals surface area (Å²) in [4.78, 5) is 16.4. The highest BCUT2D eigenvalue weighted by Crippen LogP contribution is 2.33. The van der Waals surface area contributed by atoms with E-state index in [1.807, 2.05) is 13.8 Å². The number of ketones is 1. The van der Waals surface area contributed by atoms with Crippen molar-refractivity contribution in [1.29, 1.82) is 0 Å². The van der Waals surface area contributed by atoms with Crippen LogP contribution in [-0.2, 0) is 0 Å². The van der Waals surface area contributed by atoms with Gasteiger partial charge in [-0.1, -0.05) is 0 Å². The molecule has 0 atom stereocenters. The lowest BCUT2D eigenvalue weighted by molar-refractivity contribution is 0.103. The minimum absolute atomic E-state index is 0.0502. The Labute approximate surface area is 132 Å². The van der Waals surface area contributed by atoms with Gasteiger partial charge in [-0.2, -0.15) is 0 Å². The number of halogens is 2. The lowest BCUT2D eigenvalue weighted by atomic mass is 10.1. The Hall–Kier alpha value is -0.720. The molecule has 0 unspecified atom stereocenters. The lowest BCUT2D eigenvalue weighted by Gasteiger charge is -2.09. The van der Waals surface area contributed by atoms with Gasteiger partial charge in [-0.15, -0.1) is 11.3 Å². The van der Waals surface area contributed by atoms with Crippen molar-refractivity contribution in [1.82, 2.24) is 4.98 Å². The lowest BCUT2D eigenvalue weighted by Crippen LogP contribution is -2.07. The van der Waals surface area contributed by atoms with Crippen LogP contribution in [0.3, 0.4) is 0 Å². The quantitative estimate of drug-likeness (QED) is 0.694. The molecule has 0 aliphatic carbocycles. The molecule has 2 heterocycles. The number of aromatic nitrogens is 1. The monoisotopic (exact) mass is 403 g/mol. The summed E-state index contributed by atoms with van der Waals surface area (Å²) in [5.41, 5.74) is 1.14. The number of carbonyl (C=O) groups excluding carboxylic acids is 1. The molecule has 0 spiro atoms. The Balaban J connectivity index is 2.31. The van der Waals surface area contributed by atoms with Gasteiger partial charge in [-0.25, -0.2) is 0 Å². The number of hydrogen-bond donors (Lipinski definition) is 0. The minimum Gasteiger partial charge on any atom is -0.489 e. The van der Waals surface area contributed by atoms with E-state index in [9.17, 15) is 4.79 Å². The van der Waals surface area contributed by atoms with E-state index < -0.39 is 0 Å². The van der Waals surface area contributed by atoms with Crippen molar-refractivity contribution < 1.29 is 9.53 Å². The van der Waals surface area contributed by atoms with Gasteiger partial charge in [0.1, 0.15) is 5.75 Å². The van der Waals surface area contributed by atoms with Crippen molar-refractivity contribution in [2.24, 2.45) is 0 Å². The fourth-order valence-corrected chi connectivity index (χ4v) is 4.32. The Bertz CT molecular complexity index is 610. The highest BCUT2D eigenvalue weighted by atomic mass is 79.9. The summed E-state index contributed by atoms with van der Waals surface area (Å²) in [5, 5.41) is 0. The number of thiophene rings is 1. The molecule has 2 aromatic rings. The fourth-order valence-electron chi connectivity index (χ4n) is 1.53. The second-order valence-corrected chi connectivity index (χ2v) is 7.89. The molecular formula is C13H11Br2NO2S. The van der Waals surface area contributed by atoms with Crippen molar-refractivity contribution in [3.8, 4) is 5.75 Å². The van der Waals surface area contributed by atoms with Crippen LogP contribution < -0.4 is 4.74 Å². The standard InChI is InChI=1S/C13H11Br2NO2S/c1-7(2)18-9-3-8(5-16-6-9)12(17)10-4-11(14)19-13(10)15/h3-7H,1-2H3. The molecule has 0 aliphatic rings. The number of rotatable bonds is 4. The molecule has 6 heteroatoms. The maximum absolute atomic E-state index is 12.4. The molecule has 0 N–H and O–H groups in total. The molecule has 2 rings (SSSR count). The van der Waals surface area contributed by atoms with E-state index in [1.54, 1.807) is 24.5 Å². The van der Waals surface area contributed by atoms with Gasteiger partial charge in [-0.3, -0.25) is 9.78 Å². The highest BCUT2D eigenvalue weighted by molar-refractivity contribution is 9.12. The van der Waals surface area contributed by atoms with Gasteiger partial charge in [-0.05, 0) is 57.8 Å². The maximum Gasteiger partial charge on any atom is 0.196 e. The van der Waals surface area contributed by atoms with Crippen LogP contribution in [0.5, 0.6) is 5.75 Å². The Morgan fingerprint density at radius 3 is 2.63 bits per heavy atom. The third kappa shape index (κ3) is 3.64. The van der Waals surface area contributed by atoms with Gasteiger partial charge >= 0.3 is 0 Å². The van der Waals surface area contributed by atoms with Crippen molar-refractivity contribution in [2.75, 3.05) is 0 Å². The molecule has 0 radical (unpaired) electrons. The minimum atomic E-state index is -0.0736. The zero-order valence-corrected chi connectivity index (χ0v) is 14.3. The molecule has 0 amide bonds. The molecule has 3 nitrogen and oxygen atoms in total. The number of pyridine rings is 1. The summed E-state index contributed by atoms with van der Waals surface area (Å²) in [5.74, 6) is 0.529. The fraction of sp³-hybridized carbons (Fsp3) is 0.231. The first-order valence-corrected chi connectivity index (χ1v) is 7.99. The Morgan fingerprint density at radius 2 is 2.05 bits per heavy atom. The predicted octanol–water partition coefficient (Wildman–Crippen LogP) is 4.69. The van der Waals surface area contributed by atoms with Crippen molar-refractivity contribution in [2.45, 2.75) is 20.0 Å². The molecule has 0 aromatic carbocycles. The topological polar surface area (TPSA) is 39.2 Å². The van der Waals surface area contributed by atoms with Gasteiger partial charge in [0.25, 0.3) is 0 Å². The predicted molar refractivity (Wildman–Crippen MR) is 83.2 cm³/mol. The van der Waals surface area contributed by atoms with E-state index in [-0.39, 0.29) is 11.9 Å². The molecular weight excluding hydrogens is 394 g/mol. The molecule has 0 bridgehead atoms. The summed E-state index contributed by atoms with van der Waals surface area (Å²) in [6.07, 6.45) is 3.21. The van der Waals surface area contributed by atoms with Crippen LogP contribution in [-0.4, -0.2) is 16.9 Å². The first-order valence-electron chi connectivity index (χ1n) is 5.58. The van der Waals surface area contributed by atoms with Crippen molar-refractivity contribution >= 4 is 49.0 Å². The summed E-state index contributed by atoms with van der Waals surface area (Å²) in [6.45, 7) is 3.86. The smallest absolute Gasteiger partial charge is 0.196 e. The number of ether oxygens (including phenoxy) is 1. The van der Waals surface area contributed by atoms with Gasteiger partial charge in [0.2, 0.25) is 0 Å². The van der Waals surface area contributed by atoms with Crippen LogP contribution in [0.1, 0.15) is 29.8 Å². The first-order chi connectivity index (χ1) is 8.97. The van der Waals surface area contributed by atoms with E-state index >= 15 is 0 Å². The third-order valence-corrected chi connectivity index (χ3v) is 4.59. The maximum atomic E-state index is 12.4. The van der Waals surface area contributed by atoms with Crippen LogP contribution >= 0.6 is 43.2 Å². The van der Waals surface area contributed by atoms with Crippen molar-refractivity contribution in [3.05, 3.63) is 43.2 Å². The summed E-state index contributed by atoms with van der Waals surface area (Å²) in [6, 6.07) is 3.51. The van der Waals surface area contributed by atoms with E-state index in [4.69, 9.17) is 4.74 Å². The van der Waals surface area contributed by atoms with Gasteiger partial charge in [0.15, 0.2) is 5.78 Å². The summed E-state index contributed by atoms with van der Waals surface area (Å²) < 4.78 is 7.26. The zero-order valence-electron chi connectivity index (χ0n) is 10.3.